The van der Waals surface area contributed by atoms with Crippen molar-refractivity contribution in [2.45, 2.75) is 38.4 Å². The first-order chi connectivity index (χ1) is 11.6. The molecule has 140 valence electrons. The zero-order valence-electron chi connectivity index (χ0n) is 13.6. The summed E-state index contributed by atoms with van der Waals surface area (Å²) in [6.07, 6.45) is -0.438. The minimum absolute atomic E-state index is 0.117. The Balaban J connectivity index is 2.03. The number of nitrogens with two attached hydrogens (primary N) is 1. The van der Waals surface area contributed by atoms with Crippen LogP contribution in [0.4, 0.5) is 0 Å². The number of thioether (sulfide) groups is 2. The van der Waals surface area contributed by atoms with Gasteiger partial charge in [-0.05, 0) is 12.2 Å². The lowest BCUT2D eigenvalue weighted by atomic mass is 10.2. The summed E-state index contributed by atoms with van der Waals surface area (Å²) in [6.45, 7) is 2.59. The van der Waals surface area contributed by atoms with E-state index in [1.165, 1.54) is 42.3 Å². The van der Waals surface area contributed by atoms with Crippen LogP contribution in [-0.2, 0) is 33.9 Å². The number of carbonyl (C=O) groups is 3. The summed E-state index contributed by atoms with van der Waals surface area (Å²) in [6, 6.07) is 0. The highest BCUT2D eigenvalue weighted by Gasteiger charge is 2.49. The highest BCUT2D eigenvalue weighted by molar-refractivity contribution is 8.22. The van der Waals surface area contributed by atoms with Crippen molar-refractivity contribution in [1.82, 2.24) is 4.90 Å². The Morgan fingerprint density at radius 3 is 2.68 bits per heavy atom. The van der Waals surface area contributed by atoms with E-state index >= 15 is 0 Å². The zero-order chi connectivity index (χ0) is 18.8. The molecule has 0 radical (unpaired) electrons. The van der Waals surface area contributed by atoms with E-state index in [9.17, 15) is 22.8 Å². The van der Waals surface area contributed by atoms with Gasteiger partial charge in [-0.15, -0.1) is 11.8 Å². The van der Waals surface area contributed by atoms with Crippen LogP contribution >= 0.6 is 23.5 Å². The van der Waals surface area contributed by atoms with E-state index in [1.54, 1.807) is 0 Å². The number of amides is 1. The lowest BCUT2D eigenvalue weighted by Gasteiger charge is -2.34. The molecule has 0 aliphatic carbocycles. The maximum Gasteiger partial charge on any atom is 0.359 e. The van der Waals surface area contributed by atoms with E-state index in [1.807, 2.05) is 0 Å². The Bertz CT molecular complexity index is 719. The fraction of sp³-hybridized carbons (Fsp3) is 0.615. The van der Waals surface area contributed by atoms with Crippen molar-refractivity contribution in [3.63, 3.8) is 0 Å². The normalized spacial score (nSPS) is 20.8. The summed E-state index contributed by atoms with van der Waals surface area (Å²) in [7, 11) is -3.54. The third-order valence-corrected chi connectivity index (χ3v) is 6.69. The number of esters is 2. The number of hydrogen-bond donors (Lipinski definition) is 1. The number of ether oxygens (including phenoxy) is 2. The SMILES string of the molecule is CC(=O)O[C@@H](C)OC(=O)C1=C(SCCCS(N)(=O)=O)S[C@H]2CC(=O)N12. The molecule has 0 aromatic carbocycles. The van der Waals surface area contributed by atoms with Crippen LogP contribution in [0.25, 0.3) is 0 Å². The van der Waals surface area contributed by atoms with Gasteiger partial charge in [-0.3, -0.25) is 14.5 Å². The summed E-state index contributed by atoms with van der Waals surface area (Å²) in [4.78, 5) is 36.4. The van der Waals surface area contributed by atoms with Gasteiger partial charge >= 0.3 is 11.9 Å². The number of primary sulfonamides is 1. The third-order valence-electron chi connectivity index (χ3n) is 3.19. The summed E-state index contributed by atoms with van der Waals surface area (Å²) >= 11 is 2.63. The molecule has 9 nitrogen and oxygen atoms in total. The molecule has 1 saturated heterocycles. The second kappa shape index (κ2) is 7.98. The first kappa shape index (κ1) is 20.1. The zero-order valence-corrected chi connectivity index (χ0v) is 16.0. The van der Waals surface area contributed by atoms with Crippen LogP contribution in [0, 0.1) is 0 Å². The van der Waals surface area contributed by atoms with Crippen LogP contribution in [0.1, 0.15) is 26.7 Å². The topological polar surface area (TPSA) is 133 Å². The number of β-lactam (4-membered cyclic amide) rings is 1. The van der Waals surface area contributed by atoms with E-state index in [-0.39, 0.29) is 22.7 Å². The summed E-state index contributed by atoms with van der Waals surface area (Å²) in [5.74, 6) is -1.28. The first-order valence-corrected chi connectivity index (χ1v) is 10.9. The van der Waals surface area contributed by atoms with Gasteiger partial charge in [0.2, 0.25) is 22.2 Å². The minimum atomic E-state index is -3.54. The van der Waals surface area contributed by atoms with Gasteiger partial charge in [0.05, 0.1) is 21.8 Å². The molecule has 2 N–H and O–H groups in total. The van der Waals surface area contributed by atoms with Gasteiger partial charge in [0.25, 0.3) is 0 Å². The van der Waals surface area contributed by atoms with Crippen molar-refractivity contribution in [3.8, 4) is 0 Å². The molecule has 2 rings (SSSR count). The Morgan fingerprint density at radius 1 is 1.44 bits per heavy atom. The summed E-state index contributed by atoms with van der Waals surface area (Å²) < 4.78 is 32.3. The molecule has 0 spiro atoms. The quantitative estimate of drug-likeness (QED) is 0.260. The standard InChI is InChI=1S/C13H18N2O7S3/c1-7(16)21-8(2)22-12(18)11-13(23-4-3-5-25(14,19)20)24-10-6-9(17)15(10)11/h8,10H,3-6H2,1-2H3,(H2,14,19,20)/t8-,10+/m1/s1. The van der Waals surface area contributed by atoms with Gasteiger partial charge in [-0.1, -0.05) is 11.8 Å². The number of nitrogens with zero attached hydrogens (tertiary/aromatic N) is 1. The number of rotatable bonds is 8. The van der Waals surface area contributed by atoms with E-state index in [4.69, 9.17) is 14.6 Å². The molecule has 12 heteroatoms. The maximum absolute atomic E-state index is 12.4. The van der Waals surface area contributed by atoms with Gasteiger partial charge < -0.3 is 9.47 Å². The fourth-order valence-electron chi connectivity index (χ4n) is 2.20. The highest BCUT2D eigenvalue weighted by Crippen LogP contribution is 2.50. The monoisotopic (exact) mass is 410 g/mol. The Hall–Kier alpha value is -1.24. The van der Waals surface area contributed by atoms with Crippen LogP contribution in [-0.4, -0.2) is 54.3 Å². The van der Waals surface area contributed by atoms with E-state index in [0.717, 1.165) is 0 Å². The molecule has 0 unspecified atom stereocenters. The molecule has 25 heavy (non-hydrogen) atoms. The van der Waals surface area contributed by atoms with Crippen molar-refractivity contribution in [2.24, 2.45) is 5.14 Å². The van der Waals surface area contributed by atoms with Gasteiger partial charge in [-0.25, -0.2) is 18.4 Å². The summed E-state index contributed by atoms with van der Waals surface area (Å²) in [5, 5.41) is 4.80. The van der Waals surface area contributed by atoms with E-state index in [0.29, 0.717) is 22.8 Å². The predicted molar refractivity (Wildman–Crippen MR) is 92.2 cm³/mol. The van der Waals surface area contributed by atoms with Gasteiger partial charge in [0.15, 0.2) is 5.70 Å². The lowest BCUT2D eigenvalue weighted by molar-refractivity contribution is -0.182. The van der Waals surface area contributed by atoms with Crippen molar-refractivity contribution < 1.29 is 32.3 Å². The van der Waals surface area contributed by atoms with Crippen LogP contribution < -0.4 is 5.14 Å². The number of sulfonamides is 1. The van der Waals surface area contributed by atoms with Gasteiger partial charge in [0, 0.05) is 13.8 Å². The number of fused-ring (bicyclic) bond motifs is 1. The summed E-state index contributed by atoms with van der Waals surface area (Å²) in [5.41, 5.74) is 0.117. The predicted octanol–water partition coefficient (Wildman–Crippen LogP) is 0.325. The Kier molecular flexibility index (Phi) is 6.40. The molecule has 0 bridgehead atoms. The average Bonchev–Trinajstić information content (AvgIpc) is 2.74. The van der Waals surface area contributed by atoms with Gasteiger partial charge in [0.1, 0.15) is 0 Å². The smallest absolute Gasteiger partial charge is 0.359 e. The largest absolute Gasteiger partial charge is 0.426 e. The van der Waals surface area contributed by atoms with Crippen molar-refractivity contribution in [1.29, 1.82) is 0 Å². The highest BCUT2D eigenvalue weighted by atomic mass is 32.2. The Labute approximate surface area is 153 Å². The molecule has 1 amide bonds. The van der Waals surface area contributed by atoms with Gasteiger partial charge in [-0.2, -0.15) is 0 Å². The molecule has 2 aliphatic heterocycles. The fourth-order valence-corrected chi connectivity index (χ4v) is 5.67. The molecular weight excluding hydrogens is 392 g/mol. The lowest BCUT2D eigenvalue weighted by Crippen LogP contribution is -2.49. The van der Waals surface area contributed by atoms with Crippen LogP contribution in [0.5, 0.6) is 0 Å². The van der Waals surface area contributed by atoms with E-state index in [2.05, 4.69) is 0 Å². The molecular formula is C13H18N2O7S3. The molecule has 0 aromatic rings. The first-order valence-electron chi connectivity index (χ1n) is 7.33. The third kappa shape index (κ3) is 5.36. The van der Waals surface area contributed by atoms with Crippen LogP contribution in [0.2, 0.25) is 0 Å². The molecule has 0 saturated carbocycles. The Morgan fingerprint density at radius 2 is 2.12 bits per heavy atom. The average molecular weight is 410 g/mol. The minimum Gasteiger partial charge on any atom is -0.426 e. The van der Waals surface area contributed by atoms with E-state index < -0.39 is 28.3 Å². The van der Waals surface area contributed by atoms with Crippen molar-refractivity contribution in [2.75, 3.05) is 11.5 Å². The number of hydrogen-bond acceptors (Lipinski definition) is 9. The molecule has 1 fully saturated rings. The maximum atomic E-state index is 12.4. The second-order valence-electron chi connectivity index (χ2n) is 5.33. The van der Waals surface area contributed by atoms with Crippen molar-refractivity contribution >= 4 is 51.4 Å². The van der Waals surface area contributed by atoms with Crippen LogP contribution in [0.3, 0.4) is 0 Å². The molecule has 2 atom stereocenters. The second-order valence-corrected chi connectivity index (χ2v) is 9.61. The molecule has 2 aliphatic rings. The van der Waals surface area contributed by atoms with Crippen LogP contribution in [0.15, 0.2) is 9.93 Å². The molecule has 0 aromatic heterocycles. The van der Waals surface area contributed by atoms with Crippen molar-refractivity contribution in [3.05, 3.63) is 9.93 Å². The molecule has 2 heterocycles. The number of carbonyl (C=O) groups excluding carboxylic acids is 3.